The molecule has 0 N–H and O–H groups in total. The van der Waals surface area contributed by atoms with E-state index in [9.17, 15) is 14.3 Å². The summed E-state index contributed by atoms with van der Waals surface area (Å²) in [4.78, 5) is 13.2. The first-order valence-corrected chi connectivity index (χ1v) is 4.81. The molecule has 0 saturated carbocycles. The minimum Gasteiger partial charge on any atom is -0.358 e. The van der Waals surface area contributed by atoms with E-state index in [0.29, 0.717) is 0 Å². The van der Waals surface area contributed by atoms with E-state index < -0.39 is 21.5 Å². The Kier molecular flexibility index (Phi) is 2.93. The molecule has 0 radical (unpaired) electrons. The third kappa shape index (κ3) is 1.77. The molecule has 0 bridgehead atoms. The normalized spacial score (nSPS) is 12.0. The van der Waals surface area contributed by atoms with E-state index in [1.54, 1.807) is 6.07 Å². The second-order valence-corrected chi connectivity index (χ2v) is 3.76. The number of nitro groups is 1. The zero-order chi connectivity index (χ0) is 10.7. The highest BCUT2D eigenvalue weighted by Crippen LogP contribution is 2.18. The molecule has 1 unspecified atom stereocenters. The highest BCUT2D eigenvalue weighted by atomic mass is 32.2. The standard InChI is InChI=1S/C6H6N4O3S/c1-9-4-8-5(10(11)12)6(9)14(13)3-2-7/h4H,3H2,1H3. The van der Waals surface area contributed by atoms with E-state index in [0.717, 1.165) is 0 Å². The van der Waals surface area contributed by atoms with Gasteiger partial charge in [0.15, 0.2) is 0 Å². The average Bonchev–Trinajstić information content (AvgIpc) is 2.47. The fraction of sp³-hybridized carbons (Fsp3) is 0.333. The summed E-state index contributed by atoms with van der Waals surface area (Å²) in [7, 11) is -0.208. The predicted octanol–water partition coefficient (Wildman–Crippen LogP) is -0.0405. The first-order valence-electron chi connectivity index (χ1n) is 3.49. The third-order valence-electron chi connectivity index (χ3n) is 1.45. The molecule has 1 atom stereocenters. The highest BCUT2D eigenvalue weighted by Gasteiger charge is 2.24. The number of imidazole rings is 1. The summed E-state index contributed by atoms with van der Waals surface area (Å²) in [5.74, 6) is -0.735. The zero-order valence-electron chi connectivity index (χ0n) is 7.21. The largest absolute Gasteiger partial charge is 0.398 e. The van der Waals surface area contributed by atoms with Gasteiger partial charge in [-0.25, -0.2) is 0 Å². The number of aromatic nitrogens is 2. The van der Waals surface area contributed by atoms with Crippen LogP contribution in [0.5, 0.6) is 0 Å². The number of aryl methyl sites for hydroxylation is 1. The Bertz CT molecular complexity index is 433. The monoisotopic (exact) mass is 214 g/mol. The Balaban J connectivity index is 3.19. The molecular weight excluding hydrogens is 208 g/mol. The van der Waals surface area contributed by atoms with E-state index in [-0.39, 0.29) is 10.8 Å². The Morgan fingerprint density at radius 2 is 2.50 bits per heavy atom. The van der Waals surface area contributed by atoms with Gasteiger partial charge in [0.2, 0.25) is 11.4 Å². The molecule has 7 nitrogen and oxygen atoms in total. The van der Waals surface area contributed by atoms with Gasteiger partial charge in [-0.1, -0.05) is 0 Å². The molecule has 1 heterocycles. The van der Waals surface area contributed by atoms with Crippen LogP contribution in [0.25, 0.3) is 0 Å². The third-order valence-corrected chi connectivity index (χ3v) is 2.74. The highest BCUT2D eigenvalue weighted by molar-refractivity contribution is 7.85. The van der Waals surface area contributed by atoms with Crippen molar-refractivity contribution in [1.29, 1.82) is 5.26 Å². The molecule has 0 amide bonds. The lowest BCUT2D eigenvalue weighted by atomic mass is 10.8. The second kappa shape index (κ2) is 3.97. The SMILES string of the molecule is Cn1cnc([N+](=O)[O-])c1S(=O)CC#N. The maximum atomic E-state index is 11.4. The van der Waals surface area contributed by atoms with Crippen molar-refractivity contribution in [3.63, 3.8) is 0 Å². The molecule has 74 valence electrons. The Labute approximate surface area is 81.6 Å². The molecule has 0 aliphatic heterocycles. The van der Waals surface area contributed by atoms with Crippen molar-refractivity contribution >= 4 is 16.6 Å². The van der Waals surface area contributed by atoms with Gasteiger partial charge in [-0.05, 0) is 9.91 Å². The molecule has 0 aromatic carbocycles. The number of rotatable bonds is 3. The molecule has 0 aliphatic rings. The Hall–Kier alpha value is -1.75. The topological polar surface area (TPSA) is 102 Å². The fourth-order valence-electron chi connectivity index (χ4n) is 0.921. The van der Waals surface area contributed by atoms with Gasteiger partial charge in [0.05, 0.1) is 16.9 Å². The quantitative estimate of drug-likeness (QED) is 0.518. The molecule has 0 saturated heterocycles. The van der Waals surface area contributed by atoms with Gasteiger partial charge in [-0.2, -0.15) is 5.26 Å². The van der Waals surface area contributed by atoms with Gasteiger partial charge in [-0.3, -0.25) is 4.21 Å². The number of nitrogens with zero attached hydrogens (tertiary/aromatic N) is 4. The van der Waals surface area contributed by atoms with Crippen molar-refractivity contribution < 1.29 is 9.13 Å². The van der Waals surface area contributed by atoms with E-state index in [1.165, 1.54) is 17.9 Å². The van der Waals surface area contributed by atoms with Crippen LogP contribution in [0.3, 0.4) is 0 Å². The Morgan fingerprint density at radius 1 is 1.86 bits per heavy atom. The predicted molar refractivity (Wildman–Crippen MR) is 46.8 cm³/mol. The number of hydrogen-bond donors (Lipinski definition) is 0. The van der Waals surface area contributed by atoms with E-state index in [2.05, 4.69) is 4.98 Å². The van der Waals surface area contributed by atoms with Gasteiger partial charge >= 0.3 is 5.82 Å². The second-order valence-electron chi connectivity index (χ2n) is 2.39. The van der Waals surface area contributed by atoms with E-state index >= 15 is 0 Å². The fourth-order valence-corrected chi connectivity index (χ4v) is 1.87. The molecular formula is C6H6N4O3S. The average molecular weight is 214 g/mol. The maximum Gasteiger partial charge on any atom is 0.398 e. The molecule has 1 aromatic rings. The molecule has 14 heavy (non-hydrogen) atoms. The molecule has 0 aliphatic carbocycles. The van der Waals surface area contributed by atoms with Crippen molar-refractivity contribution in [1.82, 2.24) is 9.55 Å². The minimum atomic E-state index is -1.70. The first kappa shape index (κ1) is 10.3. The summed E-state index contributed by atoms with van der Waals surface area (Å²) >= 11 is 0. The van der Waals surface area contributed by atoms with Crippen LogP contribution in [0.15, 0.2) is 11.4 Å². The van der Waals surface area contributed by atoms with Gasteiger partial charge in [0, 0.05) is 7.05 Å². The summed E-state index contributed by atoms with van der Waals surface area (Å²) < 4.78 is 12.7. The summed E-state index contributed by atoms with van der Waals surface area (Å²) in [6.45, 7) is 0. The van der Waals surface area contributed by atoms with Crippen molar-refractivity contribution in [3.8, 4) is 6.07 Å². The minimum absolute atomic E-state index is 0.0310. The van der Waals surface area contributed by atoms with Crippen molar-refractivity contribution in [2.24, 2.45) is 7.05 Å². The molecule has 8 heteroatoms. The van der Waals surface area contributed by atoms with Crippen LogP contribution in [-0.4, -0.2) is 24.4 Å². The molecule has 0 spiro atoms. The van der Waals surface area contributed by atoms with Gasteiger partial charge in [0.25, 0.3) is 0 Å². The molecule has 0 fully saturated rings. The van der Waals surface area contributed by atoms with Crippen LogP contribution < -0.4 is 0 Å². The lowest BCUT2D eigenvalue weighted by molar-refractivity contribution is -0.392. The first-order chi connectivity index (χ1) is 6.57. The van der Waals surface area contributed by atoms with Gasteiger partial charge in [0.1, 0.15) is 5.75 Å². The lowest BCUT2D eigenvalue weighted by Crippen LogP contribution is -2.04. The smallest absolute Gasteiger partial charge is 0.358 e. The van der Waals surface area contributed by atoms with Crippen molar-refractivity contribution in [2.75, 3.05) is 5.75 Å². The Morgan fingerprint density at radius 3 is 3.00 bits per heavy atom. The zero-order valence-corrected chi connectivity index (χ0v) is 8.02. The van der Waals surface area contributed by atoms with Crippen LogP contribution in [0.2, 0.25) is 0 Å². The van der Waals surface area contributed by atoms with E-state index in [1.807, 2.05) is 0 Å². The van der Waals surface area contributed by atoms with Crippen LogP contribution in [-0.2, 0) is 17.8 Å². The summed E-state index contributed by atoms with van der Waals surface area (Å²) in [6.07, 6.45) is 1.20. The van der Waals surface area contributed by atoms with Crippen LogP contribution >= 0.6 is 0 Å². The summed E-state index contributed by atoms with van der Waals surface area (Å²) in [5, 5.41) is 18.7. The van der Waals surface area contributed by atoms with Crippen LogP contribution in [0.1, 0.15) is 0 Å². The molecule has 1 aromatic heterocycles. The number of nitriles is 1. The lowest BCUT2D eigenvalue weighted by Gasteiger charge is -1.97. The van der Waals surface area contributed by atoms with Crippen molar-refractivity contribution in [2.45, 2.75) is 5.03 Å². The van der Waals surface area contributed by atoms with Crippen LogP contribution in [0.4, 0.5) is 5.82 Å². The van der Waals surface area contributed by atoms with Gasteiger partial charge in [-0.15, -0.1) is 0 Å². The molecule has 1 rings (SSSR count). The van der Waals surface area contributed by atoms with Crippen molar-refractivity contribution in [3.05, 3.63) is 16.4 Å². The summed E-state index contributed by atoms with van der Waals surface area (Å²) in [5.41, 5.74) is 0. The number of hydrogen-bond acceptors (Lipinski definition) is 5. The summed E-state index contributed by atoms with van der Waals surface area (Å²) in [6, 6.07) is 1.69. The van der Waals surface area contributed by atoms with Crippen LogP contribution in [0, 0.1) is 21.4 Å². The van der Waals surface area contributed by atoms with Gasteiger partial charge < -0.3 is 14.7 Å². The maximum absolute atomic E-state index is 11.4. The van der Waals surface area contributed by atoms with E-state index in [4.69, 9.17) is 5.26 Å².